The molecule has 1 fully saturated rings. The summed E-state index contributed by atoms with van der Waals surface area (Å²) in [6, 6.07) is 6.63. The average Bonchev–Trinajstić information content (AvgIpc) is 2.67. The van der Waals surface area contributed by atoms with Crippen molar-refractivity contribution in [2.75, 3.05) is 19.4 Å². The fourth-order valence-corrected chi connectivity index (χ4v) is 2.29. The Bertz CT molecular complexity index is 365. The summed E-state index contributed by atoms with van der Waals surface area (Å²) in [5.41, 5.74) is 8.05. The maximum absolute atomic E-state index is 6.01. The molecule has 1 saturated heterocycles. The molecule has 0 amide bonds. The van der Waals surface area contributed by atoms with Crippen molar-refractivity contribution in [1.29, 1.82) is 0 Å². The average molecular weight is 220 g/mol. The van der Waals surface area contributed by atoms with Crippen LogP contribution >= 0.6 is 0 Å². The van der Waals surface area contributed by atoms with Crippen LogP contribution in [-0.2, 0) is 6.54 Å². The molecule has 0 saturated carbocycles. The summed E-state index contributed by atoms with van der Waals surface area (Å²) in [6.07, 6.45) is 2.60. The van der Waals surface area contributed by atoms with Crippen LogP contribution in [0.3, 0.4) is 0 Å². The quantitative estimate of drug-likeness (QED) is 0.794. The van der Waals surface area contributed by atoms with Gasteiger partial charge < -0.3 is 10.5 Å². The van der Waals surface area contributed by atoms with Crippen LogP contribution in [0, 0.1) is 0 Å². The number of nitrogens with two attached hydrogens (primary N) is 1. The number of ether oxygens (including phenoxy) is 1. The highest BCUT2D eigenvalue weighted by molar-refractivity contribution is 5.51. The van der Waals surface area contributed by atoms with E-state index in [1.807, 2.05) is 12.1 Å². The summed E-state index contributed by atoms with van der Waals surface area (Å²) in [6.45, 7) is 4.43. The second-order valence-electron chi connectivity index (χ2n) is 4.53. The molecule has 88 valence electrons. The summed E-state index contributed by atoms with van der Waals surface area (Å²) < 4.78 is 5.15. The van der Waals surface area contributed by atoms with E-state index in [1.165, 1.54) is 24.9 Å². The fourth-order valence-electron chi connectivity index (χ4n) is 2.29. The molecule has 0 radical (unpaired) electrons. The first kappa shape index (κ1) is 11.3. The largest absolute Gasteiger partial charge is 0.497 e. The maximum atomic E-state index is 6.01. The lowest BCUT2D eigenvalue weighted by molar-refractivity contribution is 0.261. The van der Waals surface area contributed by atoms with Crippen molar-refractivity contribution in [3.63, 3.8) is 0 Å². The van der Waals surface area contributed by atoms with Gasteiger partial charge in [0.1, 0.15) is 5.75 Å². The second-order valence-corrected chi connectivity index (χ2v) is 4.53. The summed E-state index contributed by atoms with van der Waals surface area (Å²) in [5.74, 6) is 0.829. The van der Waals surface area contributed by atoms with E-state index >= 15 is 0 Å². The van der Waals surface area contributed by atoms with Gasteiger partial charge in [0.25, 0.3) is 0 Å². The normalized spacial score (nSPS) is 21.2. The molecule has 1 heterocycles. The van der Waals surface area contributed by atoms with Crippen LogP contribution in [0.4, 0.5) is 5.69 Å². The van der Waals surface area contributed by atoms with E-state index in [1.54, 1.807) is 7.11 Å². The van der Waals surface area contributed by atoms with Gasteiger partial charge in [-0.15, -0.1) is 0 Å². The molecule has 16 heavy (non-hydrogen) atoms. The maximum Gasteiger partial charge on any atom is 0.120 e. The van der Waals surface area contributed by atoms with E-state index in [9.17, 15) is 0 Å². The number of nitrogens with zero attached hydrogens (tertiary/aromatic N) is 1. The summed E-state index contributed by atoms with van der Waals surface area (Å²) >= 11 is 0. The number of hydrogen-bond donors (Lipinski definition) is 1. The molecule has 0 spiro atoms. The minimum atomic E-state index is 0.682. The van der Waals surface area contributed by atoms with Gasteiger partial charge in [0.15, 0.2) is 0 Å². The molecule has 1 aromatic carbocycles. The molecule has 1 atom stereocenters. The predicted molar refractivity (Wildman–Crippen MR) is 66.5 cm³/mol. The van der Waals surface area contributed by atoms with Gasteiger partial charge in [-0.2, -0.15) is 0 Å². The molecule has 3 heteroatoms. The number of anilines is 1. The van der Waals surface area contributed by atoms with E-state index in [-0.39, 0.29) is 0 Å². The Labute approximate surface area is 97.2 Å². The van der Waals surface area contributed by atoms with Crippen molar-refractivity contribution in [3.8, 4) is 5.75 Å². The number of likely N-dealkylation sites (tertiary alicyclic amines) is 1. The van der Waals surface area contributed by atoms with E-state index in [2.05, 4.69) is 17.9 Å². The minimum absolute atomic E-state index is 0.682. The minimum Gasteiger partial charge on any atom is -0.497 e. The topological polar surface area (TPSA) is 38.5 Å². The van der Waals surface area contributed by atoms with Crippen molar-refractivity contribution >= 4 is 5.69 Å². The molecule has 0 aromatic heterocycles. The molecular formula is C13H20N2O. The zero-order chi connectivity index (χ0) is 11.5. The van der Waals surface area contributed by atoms with Crippen LogP contribution < -0.4 is 10.5 Å². The van der Waals surface area contributed by atoms with Gasteiger partial charge >= 0.3 is 0 Å². The Morgan fingerprint density at radius 3 is 2.88 bits per heavy atom. The molecule has 3 nitrogen and oxygen atoms in total. The second kappa shape index (κ2) is 4.74. The predicted octanol–water partition coefficient (Wildman–Crippen LogP) is 2.26. The van der Waals surface area contributed by atoms with Crippen molar-refractivity contribution in [3.05, 3.63) is 23.8 Å². The highest BCUT2D eigenvalue weighted by Crippen LogP contribution is 2.24. The fraction of sp³-hybridized carbons (Fsp3) is 0.538. The monoisotopic (exact) mass is 220 g/mol. The zero-order valence-corrected chi connectivity index (χ0v) is 10.1. The molecule has 0 bridgehead atoms. The van der Waals surface area contributed by atoms with Crippen LogP contribution in [0.1, 0.15) is 25.3 Å². The van der Waals surface area contributed by atoms with Crippen LogP contribution in [0.5, 0.6) is 5.75 Å². The highest BCUT2D eigenvalue weighted by atomic mass is 16.5. The Balaban J connectivity index is 2.09. The summed E-state index contributed by atoms with van der Waals surface area (Å²) in [7, 11) is 1.66. The Morgan fingerprint density at radius 2 is 2.31 bits per heavy atom. The molecule has 0 aliphatic carbocycles. The van der Waals surface area contributed by atoms with E-state index in [0.717, 1.165) is 18.0 Å². The third-order valence-electron chi connectivity index (χ3n) is 3.42. The van der Waals surface area contributed by atoms with E-state index in [0.29, 0.717) is 6.04 Å². The van der Waals surface area contributed by atoms with Gasteiger partial charge in [0, 0.05) is 24.3 Å². The first-order valence-electron chi connectivity index (χ1n) is 5.87. The molecule has 2 N–H and O–H groups in total. The lowest BCUT2D eigenvalue weighted by Crippen LogP contribution is -2.26. The first-order chi connectivity index (χ1) is 7.70. The third-order valence-corrected chi connectivity index (χ3v) is 3.42. The molecular weight excluding hydrogens is 200 g/mol. The SMILES string of the molecule is COc1ccc(CN2CCCC2C)c(N)c1. The Morgan fingerprint density at radius 1 is 1.50 bits per heavy atom. The third kappa shape index (κ3) is 2.30. The van der Waals surface area contributed by atoms with Gasteiger partial charge in [-0.05, 0) is 37.9 Å². The molecule has 1 aromatic rings. The van der Waals surface area contributed by atoms with Gasteiger partial charge in [-0.25, -0.2) is 0 Å². The number of benzene rings is 1. The smallest absolute Gasteiger partial charge is 0.120 e. The number of rotatable bonds is 3. The lowest BCUT2D eigenvalue weighted by atomic mass is 10.1. The zero-order valence-electron chi connectivity index (χ0n) is 10.1. The Hall–Kier alpha value is -1.22. The standard InChI is InChI=1S/C13H20N2O/c1-10-4-3-7-15(10)9-11-5-6-12(16-2)8-13(11)14/h5-6,8,10H,3-4,7,9,14H2,1-2H3. The molecule has 1 unspecified atom stereocenters. The van der Waals surface area contributed by atoms with Crippen LogP contribution in [0.25, 0.3) is 0 Å². The molecule has 2 rings (SSSR count). The van der Waals surface area contributed by atoms with E-state index < -0.39 is 0 Å². The van der Waals surface area contributed by atoms with E-state index in [4.69, 9.17) is 10.5 Å². The Kier molecular flexibility index (Phi) is 3.34. The highest BCUT2D eigenvalue weighted by Gasteiger charge is 2.20. The van der Waals surface area contributed by atoms with Crippen LogP contribution in [-0.4, -0.2) is 24.6 Å². The summed E-state index contributed by atoms with van der Waals surface area (Å²) in [4.78, 5) is 2.48. The first-order valence-corrected chi connectivity index (χ1v) is 5.87. The van der Waals surface area contributed by atoms with Gasteiger partial charge in [0.05, 0.1) is 7.11 Å². The van der Waals surface area contributed by atoms with Crippen LogP contribution in [0.15, 0.2) is 18.2 Å². The number of methoxy groups -OCH3 is 1. The van der Waals surface area contributed by atoms with Crippen molar-refractivity contribution in [2.45, 2.75) is 32.4 Å². The number of hydrogen-bond acceptors (Lipinski definition) is 3. The van der Waals surface area contributed by atoms with Crippen LogP contribution in [0.2, 0.25) is 0 Å². The lowest BCUT2D eigenvalue weighted by Gasteiger charge is -2.21. The number of nitrogen functional groups attached to an aromatic ring is 1. The molecule has 1 aliphatic rings. The van der Waals surface area contributed by atoms with Crippen molar-refractivity contribution in [1.82, 2.24) is 4.90 Å². The summed E-state index contributed by atoms with van der Waals surface area (Å²) in [5, 5.41) is 0. The van der Waals surface area contributed by atoms with Crippen molar-refractivity contribution < 1.29 is 4.74 Å². The van der Waals surface area contributed by atoms with Gasteiger partial charge in [-0.3, -0.25) is 4.90 Å². The van der Waals surface area contributed by atoms with Crippen molar-refractivity contribution in [2.24, 2.45) is 0 Å². The van der Waals surface area contributed by atoms with Gasteiger partial charge in [-0.1, -0.05) is 6.07 Å². The van der Waals surface area contributed by atoms with Gasteiger partial charge in [0.2, 0.25) is 0 Å². The molecule has 1 aliphatic heterocycles.